The molecule has 0 aromatic heterocycles. The maximum absolute atomic E-state index is 12.4. The zero-order chi connectivity index (χ0) is 17.4. The van der Waals surface area contributed by atoms with Gasteiger partial charge in [-0.3, -0.25) is 9.59 Å². The minimum Gasteiger partial charge on any atom is -0.480 e. The van der Waals surface area contributed by atoms with E-state index in [-0.39, 0.29) is 11.0 Å². The lowest BCUT2D eigenvalue weighted by Crippen LogP contribution is -2.46. The Morgan fingerprint density at radius 3 is 2.26 bits per heavy atom. The lowest BCUT2D eigenvalue weighted by atomic mass is 10.0. The van der Waals surface area contributed by atoms with E-state index in [0.29, 0.717) is 12.8 Å². The van der Waals surface area contributed by atoms with Gasteiger partial charge in [-0.2, -0.15) is 0 Å². The molecule has 126 valence electrons. The number of benzene rings is 1. The van der Waals surface area contributed by atoms with Crippen LogP contribution in [0.5, 0.6) is 0 Å². The molecule has 0 spiro atoms. The van der Waals surface area contributed by atoms with Gasteiger partial charge in [0.05, 0.1) is 5.25 Å². The van der Waals surface area contributed by atoms with Crippen molar-refractivity contribution in [1.82, 2.24) is 5.32 Å². The van der Waals surface area contributed by atoms with Crippen molar-refractivity contribution in [2.75, 3.05) is 0 Å². The van der Waals surface area contributed by atoms with E-state index in [1.165, 1.54) is 6.92 Å². The van der Waals surface area contributed by atoms with Crippen LogP contribution in [0.1, 0.15) is 32.8 Å². The fourth-order valence-corrected chi connectivity index (χ4v) is 3.03. The van der Waals surface area contributed by atoms with Crippen LogP contribution in [0.25, 0.3) is 0 Å². The molecule has 6 heteroatoms. The number of nitrogens with one attached hydrogen (secondary N) is 1. The van der Waals surface area contributed by atoms with Crippen molar-refractivity contribution in [2.24, 2.45) is 5.92 Å². The van der Waals surface area contributed by atoms with Crippen LogP contribution in [0.4, 0.5) is 0 Å². The summed E-state index contributed by atoms with van der Waals surface area (Å²) in [6, 6.07) is 8.42. The van der Waals surface area contributed by atoms with Gasteiger partial charge in [0.25, 0.3) is 0 Å². The molecule has 1 aromatic rings. The van der Waals surface area contributed by atoms with Crippen LogP contribution in [0, 0.1) is 5.92 Å². The van der Waals surface area contributed by atoms with Gasteiger partial charge in [-0.25, -0.2) is 4.79 Å². The summed E-state index contributed by atoms with van der Waals surface area (Å²) >= 11 is 0.931. The zero-order valence-corrected chi connectivity index (χ0v) is 14.4. The van der Waals surface area contributed by atoms with Gasteiger partial charge < -0.3 is 10.4 Å². The highest BCUT2D eigenvalue weighted by Gasteiger charge is 2.27. The molecule has 5 nitrogen and oxygen atoms in total. The molecule has 0 saturated heterocycles. The van der Waals surface area contributed by atoms with E-state index in [4.69, 9.17) is 0 Å². The summed E-state index contributed by atoms with van der Waals surface area (Å²) in [6.07, 6.45) is 0.731. The molecule has 0 unspecified atom stereocenters. The number of carbonyl (C=O) groups is 3. The van der Waals surface area contributed by atoms with Crippen LogP contribution in [0.15, 0.2) is 30.3 Å². The summed E-state index contributed by atoms with van der Waals surface area (Å²) < 4.78 is 0. The van der Waals surface area contributed by atoms with Gasteiger partial charge in [-0.15, -0.1) is 0 Å². The molecule has 0 aliphatic rings. The fraction of sp³-hybridized carbons (Fsp3) is 0.471. The molecule has 23 heavy (non-hydrogen) atoms. The average Bonchev–Trinajstić information content (AvgIpc) is 2.45. The predicted octanol–water partition coefficient (Wildman–Crippen LogP) is 2.49. The lowest BCUT2D eigenvalue weighted by molar-refractivity contribution is -0.142. The Hall–Kier alpha value is -1.82. The van der Waals surface area contributed by atoms with E-state index in [1.54, 1.807) is 0 Å². The van der Waals surface area contributed by atoms with Gasteiger partial charge in [0, 0.05) is 6.92 Å². The van der Waals surface area contributed by atoms with Crippen LogP contribution in [0.2, 0.25) is 0 Å². The first kappa shape index (κ1) is 19.2. The molecule has 2 N–H and O–H groups in total. The first-order valence-electron chi connectivity index (χ1n) is 7.54. The Bertz CT molecular complexity index is 545. The van der Waals surface area contributed by atoms with Crippen LogP contribution in [-0.4, -0.2) is 33.4 Å². The summed E-state index contributed by atoms with van der Waals surface area (Å²) in [7, 11) is 0. The number of hydrogen-bond donors (Lipinski definition) is 2. The number of rotatable bonds is 8. The van der Waals surface area contributed by atoms with E-state index in [1.807, 2.05) is 44.2 Å². The number of carboxylic acid groups (broad SMARTS) is 1. The quantitative estimate of drug-likeness (QED) is 0.761. The van der Waals surface area contributed by atoms with E-state index in [0.717, 1.165) is 17.3 Å². The second kappa shape index (κ2) is 9.35. The Labute approximate surface area is 140 Å². The van der Waals surface area contributed by atoms with Gasteiger partial charge in [-0.1, -0.05) is 55.9 Å². The Morgan fingerprint density at radius 2 is 1.78 bits per heavy atom. The standard InChI is InChI=1S/C17H23NO4S/c1-11(2)9-14(17(21)22)18-16(20)15(23-12(3)19)10-13-7-5-4-6-8-13/h4-8,11,14-15H,9-10H2,1-3H3,(H,18,20)(H,21,22)/t14-,15-/m0/s1. The second-order valence-corrected chi connectivity index (χ2v) is 7.20. The molecule has 0 bridgehead atoms. The SMILES string of the molecule is CC(=O)S[C@@H](Cc1ccccc1)C(=O)N[C@@H](CC(C)C)C(=O)O. The largest absolute Gasteiger partial charge is 0.480 e. The molecular formula is C17H23NO4S. The monoisotopic (exact) mass is 337 g/mol. The third-order valence-electron chi connectivity index (χ3n) is 3.19. The maximum atomic E-state index is 12.4. The van der Waals surface area contributed by atoms with Crippen molar-refractivity contribution < 1.29 is 19.5 Å². The first-order valence-corrected chi connectivity index (χ1v) is 8.42. The number of thioether (sulfide) groups is 1. The van der Waals surface area contributed by atoms with Crippen LogP contribution < -0.4 is 5.32 Å². The molecule has 2 atom stereocenters. The van der Waals surface area contributed by atoms with Crippen LogP contribution in [0.3, 0.4) is 0 Å². The van der Waals surface area contributed by atoms with Gasteiger partial charge in [-0.05, 0) is 24.3 Å². The number of amides is 1. The normalized spacial score (nSPS) is 13.4. The summed E-state index contributed by atoms with van der Waals surface area (Å²) in [5, 5.41) is 11.0. The second-order valence-electron chi connectivity index (χ2n) is 5.82. The Morgan fingerprint density at radius 1 is 1.17 bits per heavy atom. The van der Waals surface area contributed by atoms with Crippen molar-refractivity contribution in [3.63, 3.8) is 0 Å². The molecular weight excluding hydrogens is 314 g/mol. The van der Waals surface area contributed by atoms with Crippen molar-refractivity contribution in [3.8, 4) is 0 Å². The first-order chi connectivity index (χ1) is 10.8. The van der Waals surface area contributed by atoms with E-state index in [2.05, 4.69) is 5.32 Å². The molecule has 0 aliphatic carbocycles. The molecule has 0 saturated carbocycles. The molecule has 1 aromatic carbocycles. The maximum Gasteiger partial charge on any atom is 0.326 e. The molecule has 1 rings (SSSR count). The highest BCUT2D eigenvalue weighted by Crippen LogP contribution is 2.18. The fourth-order valence-electron chi connectivity index (χ4n) is 2.17. The van der Waals surface area contributed by atoms with E-state index >= 15 is 0 Å². The minimum absolute atomic E-state index is 0.143. The minimum atomic E-state index is -1.06. The van der Waals surface area contributed by atoms with Gasteiger partial charge in [0.1, 0.15) is 6.04 Å². The van der Waals surface area contributed by atoms with Crippen LogP contribution >= 0.6 is 11.8 Å². The Kier molecular flexibility index (Phi) is 7.81. The summed E-state index contributed by atoms with van der Waals surface area (Å²) in [5.41, 5.74) is 0.928. The van der Waals surface area contributed by atoms with Crippen molar-refractivity contribution in [1.29, 1.82) is 0 Å². The molecule has 0 fully saturated rings. The van der Waals surface area contributed by atoms with Gasteiger partial charge >= 0.3 is 5.97 Å². The lowest BCUT2D eigenvalue weighted by Gasteiger charge is -2.20. The van der Waals surface area contributed by atoms with Gasteiger partial charge in [0.15, 0.2) is 5.12 Å². The van der Waals surface area contributed by atoms with Crippen molar-refractivity contribution >= 4 is 28.8 Å². The molecule has 0 aliphatic heterocycles. The van der Waals surface area contributed by atoms with Crippen LogP contribution in [-0.2, 0) is 20.8 Å². The average molecular weight is 337 g/mol. The molecule has 1 amide bonds. The van der Waals surface area contributed by atoms with Gasteiger partial charge in [0.2, 0.25) is 5.91 Å². The number of carboxylic acids is 1. The summed E-state index contributed by atoms with van der Waals surface area (Å²) in [6.45, 7) is 5.19. The highest BCUT2D eigenvalue weighted by molar-refractivity contribution is 8.14. The molecule has 0 radical (unpaired) electrons. The predicted molar refractivity (Wildman–Crippen MR) is 91.2 cm³/mol. The topological polar surface area (TPSA) is 83.5 Å². The number of hydrogen-bond acceptors (Lipinski definition) is 4. The summed E-state index contributed by atoms with van der Waals surface area (Å²) in [5.74, 6) is -1.33. The highest BCUT2D eigenvalue weighted by atomic mass is 32.2. The third-order valence-corrected chi connectivity index (χ3v) is 4.18. The number of carbonyl (C=O) groups excluding carboxylic acids is 2. The number of aliphatic carboxylic acids is 1. The van der Waals surface area contributed by atoms with E-state index < -0.39 is 23.2 Å². The Balaban J connectivity index is 2.82. The van der Waals surface area contributed by atoms with Crippen molar-refractivity contribution in [3.05, 3.63) is 35.9 Å². The zero-order valence-electron chi connectivity index (χ0n) is 13.6. The smallest absolute Gasteiger partial charge is 0.326 e. The van der Waals surface area contributed by atoms with E-state index in [9.17, 15) is 19.5 Å². The molecule has 0 heterocycles. The third kappa shape index (κ3) is 7.32. The summed E-state index contributed by atoms with van der Waals surface area (Å²) in [4.78, 5) is 35.1. The van der Waals surface area contributed by atoms with Crippen molar-refractivity contribution in [2.45, 2.75) is 44.9 Å².